The first-order valence-electron chi connectivity index (χ1n) is 10.8. The van der Waals surface area contributed by atoms with Gasteiger partial charge in [0.1, 0.15) is 5.82 Å². The minimum atomic E-state index is -0.390. The Morgan fingerprint density at radius 2 is 1.97 bits per heavy atom. The number of aromatic nitrogens is 2. The Kier molecular flexibility index (Phi) is 7.42. The van der Waals surface area contributed by atoms with E-state index < -0.39 is 5.41 Å². The number of hydrogen-bond donors (Lipinski definition) is 0. The van der Waals surface area contributed by atoms with Gasteiger partial charge >= 0.3 is 0 Å². The number of halogens is 1. The summed E-state index contributed by atoms with van der Waals surface area (Å²) in [7, 11) is 1.61. The Morgan fingerprint density at radius 3 is 2.58 bits per heavy atom. The van der Waals surface area contributed by atoms with E-state index in [0.29, 0.717) is 34.6 Å². The Balaban J connectivity index is 2.19. The molecule has 3 rings (SSSR count). The maximum absolute atomic E-state index is 13.4. The summed E-state index contributed by atoms with van der Waals surface area (Å²) >= 11 is 3.44. The van der Waals surface area contributed by atoms with E-state index in [9.17, 15) is 4.79 Å². The predicted octanol–water partition coefficient (Wildman–Crippen LogP) is 5.86. The molecule has 0 aliphatic rings. The molecule has 0 saturated heterocycles. The van der Waals surface area contributed by atoms with Gasteiger partial charge in [0.05, 0.1) is 30.3 Å². The van der Waals surface area contributed by atoms with Crippen LogP contribution in [0.2, 0.25) is 0 Å². The van der Waals surface area contributed by atoms with Gasteiger partial charge in [-0.25, -0.2) is 4.98 Å². The van der Waals surface area contributed by atoms with Gasteiger partial charge in [0.15, 0.2) is 11.5 Å². The molecule has 0 saturated carbocycles. The van der Waals surface area contributed by atoms with Gasteiger partial charge in [-0.15, -0.1) is 6.58 Å². The highest BCUT2D eigenvalue weighted by Gasteiger charge is 2.23. The van der Waals surface area contributed by atoms with Crippen LogP contribution in [-0.2, 0) is 11.8 Å². The molecule has 0 unspecified atom stereocenters. The molecule has 174 valence electrons. The van der Waals surface area contributed by atoms with Crippen molar-refractivity contribution in [1.29, 1.82) is 0 Å². The average molecular weight is 512 g/mol. The molecule has 0 atom stereocenters. The normalized spacial score (nSPS) is 12.0. The minimum absolute atomic E-state index is 0.00194. The van der Waals surface area contributed by atoms with E-state index in [0.717, 1.165) is 15.6 Å². The third-order valence-electron chi connectivity index (χ3n) is 4.89. The van der Waals surface area contributed by atoms with E-state index in [2.05, 4.69) is 27.6 Å². The molecule has 3 aromatic rings. The fourth-order valence-electron chi connectivity index (χ4n) is 3.45. The third-order valence-corrected chi connectivity index (χ3v) is 5.39. The fourth-order valence-corrected chi connectivity index (χ4v) is 3.81. The van der Waals surface area contributed by atoms with Gasteiger partial charge < -0.3 is 9.47 Å². The van der Waals surface area contributed by atoms with Crippen LogP contribution in [0, 0.1) is 0 Å². The van der Waals surface area contributed by atoms with E-state index in [1.54, 1.807) is 19.4 Å². The van der Waals surface area contributed by atoms with Crippen LogP contribution < -0.4 is 15.0 Å². The molecule has 2 aromatic carbocycles. The lowest BCUT2D eigenvalue weighted by Crippen LogP contribution is -2.29. The van der Waals surface area contributed by atoms with Crippen LogP contribution in [0.5, 0.6) is 11.5 Å². The van der Waals surface area contributed by atoms with E-state index in [1.807, 2.05) is 65.0 Å². The summed E-state index contributed by atoms with van der Waals surface area (Å²) in [6, 6.07) is 9.30. The molecule has 0 fully saturated rings. The SMILES string of the molecule is C=CCc1cc(C=Nn2c(C(C)(C)C)nc3ccc(Br)cc3c2=O)cc(OC)c1OC(C)C. The van der Waals surface area contributed by atoms with Crippen molar-refractivity contribution in [1.82, 2.24) is 9.66 Å². The molecule has 0 bridgehead atoms. The molecule has 1 aromatic heterocycles. The number of rotatable bonds is 7. The maximum atomic E-state index is 13.4. The maximum Gasteiger partial charge on any atom is 0.282 e. The molecule has 0 N–H and O–H groups in total. The van der Waals surface area contributed by atoms with Gasteiger partial charge in [0, 0.05) is 15.5 Å². The van der Waals surface area contributed by atoms with Gasteiger partial charge in [-0.1, -0.05) is 42.8 Å². The number of nitrogens with zero attached hydrogens (tertiary/aromatic N) is 3. The number of ether oxygens (including phenoxy) is 2. The Hall–Kier alpha value is -2.93. The quantitative estimate of drug-likeness (QED) is 0.294. The van der Waals surface area contributed by atoms with Crippen LogP contribution in [0.4, 0.5) is 0 Å². The Morgan fingerprint density at radius 1 is 1.24 bits per heavy atom. The molecule has 0 aliphatic carbocycles. The van der Waals surface area contributed by atoms with Crippen molar-refractivity contribution in [2.45, 2.75) is 52.6 Å². The Labute approximate surface area is 203 Å². The van der Waals surface area contributed by atoms with Crippen LogP contribution in [-0.4, -0.2) is 29.1 Å². The molecule has 6 nitrogen and oxygen atoms in total. The first-order chi connectivity index (χ1) is 15.5. The highest BCUT2D eigenvalue weighted by atomic mass is 79.9. The molecule has 0 spiro atoms. The van der Waals surface area contributed by atoms with Crippen LogP contribution in [0.3, 0.4) is 0 Å². The molecule has 0 radical (unpaired) electrons. The lowest BCUT2D eigenvalue weighted by Gasteiger charge is -2.21. The second-order valence-corrected chi connectivity index (χ2v) is 9.99. The first-order valence-corrected chi connectivity index (χ1v) is 11.6. The zero-order valence-corrected chi connectivity index (χ0v) is 21.6. The smallest absolute Gasteiger partial charge is 0.282 e. The summed E-state index contributed by atoms with van der Waals surface area (Å²) in [5.41, 5.74) is 1.74. The molecule has 0 amide bonds. The summed E-state index contributed by atoms with van der Waals surface area (Å²) in [6.45, 7) is 13.8. The van der Waals surface area contributed by atoms with Gasteiger partial charge in [0.25, 0.3) is 5.56 Å². The highest BCUT2D eigenvalue weighted by molar-refractivity contribution is 9.10. The molecular weight excluding hydrogens is 482 g/mol. The van der Waals surface area contributed by atoms with Crippen molar-refractivity contribution in [3.8, 4) is 11.5 Å². The van der Waals surface area contributed by atoms with E-state index in [4.69, 9.17) is 14.5 Å². The second kappa shape index (κ2) is 9.91. The Bertz CT molecular complexity index is 1270. The summed E-state index contributed by atoms with van der Waals surface area (Å²) in [5.74, 6) is 1.87. The van der Waals surface area contributed by atoms with E-state index in [-0.39, 0.29) is 11.7 Å². The lowest BCUT2D eigenvalue weighted by molar-refractivity contribution is 0.228. The average Bonchev–Trinajstić information content (AvgIpc) is 2.73. The predicted molar refractivity (Wildman–Crippen MR) is 138 cm³/mol. The van der Waals surface area contributed by atoms with Crippen LogP contribution in [0.1, 0.15) is 51.6 Å². The van der Waals surface area contributed by atoms with Crippen molar-refractivity contribution >= 4 is 33.0 Å². The number of fused-ring (bicyclic) bond motifs is 1. The van der Waals surface area contributed by atoms with Gasteiger partial charge in [0.2, 0.25) is 0 Å². The van der Waals surface area contributed by atoms with Crippen molar-refractivity contribution in [3.05, 3.63) is 74.8 Å². The first kappa shape index (κ1) is 24.7. The zero-order valence-electron chi connectivity index (χ0n) is 20.0. The number of hydrogen-bond acceptors (Lipinski definition) is 5. The third kappa shape index (κ3) is 5.53. The fraction of sp³-hybridized carbons (Fsp3) is 0.346. The van der Waals surface area contributed by atoms with Crippen LogP contribution in [0.15, 0.2) is 57.4 Å². The zero-order chi connectivity index (χ0) is 24.3. The largest absolute Gasteiger partial charge is 0.493 e. The molecule has 7 heteroatoms. The summed E-state index contributed by atoms with van der Waals surface area (Å²) < 4.78 is 13.8. The van der Waals surface area contributed by atoms with Crippen molar-refractivity contribution in [2.24, 2.45) is 5.10 Å². The van der Waals surface area contributed by atoms with Gasteiger partial charge in [-0.05, 0) is 56.2 Å². The van der Waals surface area contributed by atoms with E-state index in [1.165, 1.54) is 4.68 Å². The van der Waals surface area contributed by atoms with Crippen molar-refractivity contribution in [2.75, 3.05) is 7.11 Å². The minimum Gasteiger partial charge on any atom is -0.493 e. The number of methoxy groups -OCH3 is 1. The van der Waals surface area contributed by atoms with Crippen LogP contribution in [0.25, 0.3) is 10.9 Å². The molecular formula is C26H30BrN3O3. The number of allylic oxidation sites excluding steroid dienone is 1. The molecule has 0 aliphatic heterocycles. The molecule has 33 heavy (non-hydrogen) atoms. The summed E-state index contributed by atoms with van der Waals surface area (Å²) in [6.07, 6.45) is 4.07. The van der Waals surface area contributed by atoms with Crippen molar-refractivity contribution in [3.63, 3.8) is 0 Å². The topological polar surface area (TPSA) is 65.7 Å². The highest BCUT2D eigenvalue weighted by Crippen LogP contribution is 2.34. The monoisotopic (exact) mass is 511 g/mol. The van der Waals surface area contributed by atoms with E-state index >= 15 is 0 Å². The van der Waals surface area contributed by atoms with Crippen molar-refractivity contribution < 1.29 is 9.47 Å². The molecule has 1 heterocycles. The van der Waals surface area contributed by atoms with Crippen LogP contribution >= 0.6 is 15.9 Å². The standard InChI is InChI=1S/C26H30BrN3O3/c1-8-9-18-12-17(13-22(32-7)23(18)33-16(2)3)15-28-30-24(31)20-14-19(27)10-11-21(20)29-25(30)26(4,5)6/h8,10-16H,1,9H2,2-7H3. The second-order valence-electron chi connectivity index (χ2n) is 9.08. The lowest BCUT2D eigenvalue weighted by atomic mass is 9.95. The van der Waals surface area contributed by atoms with Gasteiger partial charge in [-0.2, -0.15) is 9.78 Å². The van der Waals surface area contributed by atoms with Gasteiger partial charge in [-0.3, -0.25) is 4.79 Å². The number of benzene rings is 2. The summed E-state index contributed by atoms with van der Waals surface area (Å²) in [5, 5.41) is 5.07. The summed E-state index contributed by atoms with van der Waals surface area (Å²) in [4.78, 5) is 18.1.